The highest BCUT2D eigenvalue weighted by molar-refractivity contribution is 6.30. The van der Waals surface area contributed by atoms with Crippen molar-refractivity contribution in [2.24, 2.45) is 0 Å². The van der Waals surface area contributed by atoms with Crippen LogP contribution in [-0.2, 0) is 10.2 Å². The monoisotopic (exact) mass is 272 g/mol. The Morgan fingerprint density at radius 1 is 1.28 bits per heavy atom. The Bertz CT molecular complexity index is 481. The quantitative estimate of drug-likeness (QED) is 0.867. The summed E-state index contributed by atoms with van der Waals surface area (Å²) in [6.07, 6.45) is 3.42. The Kier molecular flexibility index (Phi) is 3.48. The number of hydrogen-bond acceptors (Lipinski definition) is 2. The molecule has 2 N–H and O–H groups in total. The molecule has 18 heavy (non-hydrogen) atoms. The van der Waals surface area contributed by atoms with Crippen molar-refractivity contribution in [1.82, 2.24) is 0 Å². The molecule has 0 unspecified atom stereocenters. The fraction of sp³-hybridized carbons (Fsp3) is 0.462. The molecule has 3 nitrogen and oxygen atoms in total. The largest absolute Gasteiger partial charge is 0.508 e. The van der Waals surface area contributed by atoms with Gasteiger partial charge in [0.15, 0.2) is 0 Å². The maximum Gasteiger partial charge on any atom is 0.314 e. The van der Waals surface area contributed by atoms with E-state index in [1.807, 2.05) is 0 Å². The number of carboxylic acid groups (broad SMARTS) is 1. The second kappa shape index (κ2) is 4.76. The van der Waals surface area contributed by atoms with Crippen LogP contribution in [0.5, 0.6) is 5.75 Å². The van der Waals surface area contributed by atoms with Gasteiger partial charge in [0.05, 0.1) is 10.4 Å². The average Bonchev–Trinajstić information content (AvgIpc) is 2.34. The maximum absolute atomic E-state index is 13.2. The van der Waals surface area contributed by atoms with Crippen LogP contribution in [0.25, 0.3) is 0 Å². The van der Waals surface area contributed by atoms with Crippen molar-refractivity contribution in [2.75, 3.05) is 0 Å². The third-order valence-electron chi connectivity index (χ3n) is 3.67. The van der Waals surface area contributed by atoms with E-state index in [2.05, 4.69) is 0 Å². The average molecular weight is 273 g/mol. The SMILES string of the molecule is O=C(O)C1(c2cc(Cl)c(F)cc2O)CCCCC1. The van der Waals surface area contributed by atoms with Gasteiger partial charge in [-0.15, -0.1) is 0 Å². The van der Waals surface area contributed by atoms with Gasteiger partial charge in [-0.1, -0.05) is 30.9 Å². The molecule has 0 spiro atoms. The van der Waals surface area contributed by atoms with E-state index >= 15 is 0 Å². The maximum atomic E-state index is 13.2. The Hall–Kier alpha value is -1.29. The lowest BCUT2D eigenvalue weighted by Gasteiger charge is -2.34. The van der Waals surface area contributed by atoms with Crippen molar-refractivity contribution in [3.05, 3.63) is 28.5 Å². The number of carboxylic acids is 1. The molecule has 1 aliphatic rings. The summed E-state index contributed by atoms with van der Waals surface area (Å²) in [4.78, 5) is 11.6. The molecule has 5 heteroatoms. The van der Waals surface area contributed by atoms with Gasteiger partial charge in [-0.2, -0.15) is 0 Å². The van der Waals surface area contributed by atoms with Crippen molar-refractivity contribution in [3.63, 3.8) is 0 Å². The smallest absolute Gasteiger partial charge is 0.314 e. The molecule has 1 aliphatic carbocycles. The van der Waals surface area contributed by atoms with E-state index in [0.717, 1.165) is 25.3 Å². The van der Waals surface area contributed by atoms with Gasteiger partial charge in [0, 0.05) is 11.6 Å². The molecule has 0 saturated heterocycles. The highest BCUT2D eigenvalue weighted by Crippen LogP contribution is 2.44. The van der Waals surface area contributed by atoms with E-state index < -0.39 is 17.2 Å². The van der Waals surface area contributed by atoms with Crippen LogP contribution in [0.4, 0.5) is 4.39 Å². The van der Waals surface area contributed by atoms with Crippen molar-refractivity contribution in [2.45, 2.75) is 37.5 Å². The third-order valence-corrected chi connectivity index (χ3v) is 3.96. The summed E-state index contributed by atoms with van der Waals surface area (Å²) in [7, 11) is 0. The van der Waals surface area contributed by atoms with E-state index in [1.54, 1.807) is 0 Å². The minimum atomic E-state index is -1.14. The number of hydrogen-bond donors (Lipinski definition) is 2. The lowest BCUT2D eigenvalue weighted by Crippen LogP contribution is -2.37. The van der Waals surface area contributed by atoms with Gasteiger partial charge < -0.3 is 10.2 Å². The summed E-state index contributed by atoms with van der Waals surface area (Å²) < 4.78 is 13.2. The highest BCUT2D eigenvalue weighted by Gasteiger charge is 2.43. The van der Waals surface area contributed by atoms with Crippen LogP contribution < -0.4 is 0 Å². The molecule has 0 aromatic heterocycles. The molecule has 0 amide bonds. The van der Waals surface area contributed by atoms with E-state index in [9.17, 15) is 19.4 Å². The molecular weight excluding hydrogens is 259 g/mol. The Morgan fingerprint density at radius 2 is 1.89 bits per heavy atom. The number of halogens is 2. The van der Waals surface area contributed by atoms with E-state index in [1.165, 1.54) is 6.07 Å². The molecule has 0 heterocycles. The van der Waals surface area contributed by atoms with Gasteiger partial charge in [-0.05, 0) is 18.9 Å². The van der Waals surface area contributed by atoms with Gasteiger partial charge in [0.1, 0.15) is 11.6 Å². The third kappa shape index (κ3) is 2.05. The Labute approximate surface area is 109 Å². The van der Waals surface area contributed by atoms with Crippen LogP contribution in [0.1, 0.15) is 37.7 Å². The molecule has 1 saturated carbocycles. The zero-order valence-electron chi connectivity index (χ0n) is 9.75. The minimum absolute atomic E-state index is 0.158. The van der Waals surface area contributed by atoms with Crippen LogP contribution in [0.15, 0.2) is 12.1 Å². The summed E-state index contributed by atoms with van der Waals surface area (Å²) in [6.45, 7) is 0. The second-order valence-electron chi connectivity index (χ2n) is 4.73. The van der Waals surface area contributed by atoms with Crippen LogP contribution >= 0.6 is 11.6 Å². The minimum Gasteiger partial charge on any atom is -0.508 e. The summed E-state index contributed by atoms with van der Waals surface area (Å²) in [5.41, 5.74) is -0.916. The number of phenols is 1. The van der Waals surface area contributed by atoms with Gasteiger partial charge in [0.25, 0.3) is 0 Å². The van der Waals surface area contributed by atoms with E-state index in [0.29, 0.717) is 12.8 Å². The van der Waals surface area contributed by atoms with Crippen LogP contribution in [0.2, 0.25) is 5.02 Å². The lowest BCUT2D eigenvalue weighted by atomic mass is 9.69. The van der Waals surface area contributed by atoms with Crippen molar-refractivity contribution < 1.29 is 19.4 Å². The Morgan fingerprint density at radius 3 is 2.44 bits per heavy atom. The van der Waals surface area contributed by atoms with Gasteiger partial charge in [-0.3, -0.25) is 4.79 Å². The number of rotatable bonds is 2. The first-order valence-corrected chi connectivity index (χ1v) is 6.27. The summed E-state index contributed by atoms with van der Waals surface area (Å²) in [6, 6.07) is 2.13. The summed E-state index contributed by atoms with van der Waals surface area (Å²) in [5, 5.41) is 19.1. The number of carbonyl (C=O) groups is 1. The zero-order valence-corrected chi connectivity index (χ0v) is 10.5. The normalized spacial score (nSPS) is 18.6. The number of phenolic OH excluding ortho intramolecular Hbond substituents is 1. The first kappa shape index (κ1) is 13.1. The van der Waals surface area contributed by atoms with Gasteiger partial charge in [-0.25, -0.2) is 4.39 Å². The molecular formula is C13H14ClFO3. The second-order valence-corrected chi connectivity index (χ2v) is 5.14. The summed E-state index contributed by atoms with van der Waals surface area (Å²) in [5.74, 6) is -2.06. The number of aromatic hydroxyl groups is 1. The Balaban J connectivity index is 2.55. The standard InChI is InChI=1S/C13H14ClFO3/c14-9-6-8(11(16)7-10(9)15)13(12(17)18)4-2-1-3-5-13/h6-7,16H,1-5H2,(H,17,18). The fourth-order valence-electron chi connectivity index (χ4n) is 2.67. The molecule has 0 aliphatic heterocycles. The molecule has 0 bridgehead atoms. The van der Waals surface area contributed by atoms with Crippen molar-refractivity contribution in [3.8, 4) is 5.75 Å². The molecule has 98 valence electrons. The number of benzene rings is 1. The molecule has 2 rings (SSSR count). The molecule has 0 radical (unpaired) electrons. The van der Waals surface area contributed by atoms with Crippen LogP contribution in [0.3, 0.4) is 0 Å². The van der Waals surface area contributed by atoms with E-state index in [-0.39, 0.29) is 16.3 Å². The molecule has 0 atom stereocenters. The van der Waals surface area contributed by atoms with Crippen LogP contribution in [-0.4, -0.2) is 16.2 Å². The van der Waals surface area contributed by atoms with Gasteiger partial charge >= 0.3 is 5.97 Å². The zero-order chi connectivity index (χ0) is 13.3. The molecule has 1 aromatic carbocycles. The topological polar surface area (TPSA) is 57.5 Å². The first-order valence-electron chi connectivity index (χ1n) is 5.89. The van der Waals surface area contributed by atoms with Crippen molar-refractivity contribution in [1.29, 1.82) is 0 Å². The molecule has 1 aromatic rings. The number of aliphatic carboxylic acids is 1. The highest BCUT2D eigenvalue weighted by atomic mass is 35.5. The predicted octanol–water partition coefficient (Wildman–Crippen LogP) is 3.47. The lowest BCUT2D eigenvalue weighted by molar-refractivity contribution is -0.145. The van der Waals surface area contributed by atoms with Crippen LogP contribution in [0, 0.1) is 5.82 Å². The van der Waals surface area contributed by atoms with E-state index in [4.69, 9.17) is 11.6 Å². The molecule has 1 fully saturated rings. The fourth-order valence-corrected chi connectivity index (χ4v) is 2.84. The van der Waals surface area contributed by atoms with Crippen molar-refractivity contribution >= 4 is 17.6 Å². The van der Waals surface area contributed by atoms with Gasteiger partial charge in [0.2, 0.25) is 0 Å². The predicted molar refractivity (Wildman–Crippen MR) is 65.5 cm³/mol. The summed E-state index contributed by atoms with van der Waals surface area (Å²) >= 11 is 5.69. The first-order chi connectivity index (χ1) is 8.47.